The van der Waals surface area contributed by atoms with Crippen LogP contribution in [0.1, 0.15) is 29.3 Å². The van der Waals surface area contributed by atoms with E-state index in [1.807, 2.05) is 24.3 Å². The standard InChI is InChI=1S/C20H21N3O3/c1-2-13-3-9-17(10-4-13)23-12-15(11-18(23)24)20(26)22-16-7-5-14(6-8-16)19(21)25/h3-10,15H,2,11-12H2,1H3,(H2,21,25)(H,22,26)/t15-/m0/s1. The van der Waals surface area contributed by atoms with Crippen LogP contribution < -0.4 is 16.0 Å². The Hall–Kier alpha value is -3.15. The van der Waals surface area contributed by atoms with Gasteiger partial charge in [0.25, 0.3) is 0 Å². The summed E-state index contributed by atoms with van der Waals surface area (Å²) < 4.78 is 0. The Balaban J connectivity index is 1.65. The van der Waals surface area contributed by atoms with Gasteiger partial charge < -0.3 is 16.0 Å². The second-order valence-electron chi connectivity index (χ2n) is 6.36. The summed E-state index contributed by atoms with van der Waals surface area (Å²) in [7, 11) is 0. The predicted octanol–water partition coefficient (Wildman–Crippen LogP) is 2.34. The van der Waals surface area contributed by atoms with Gasteiger partial charge in [-0.2, -0.15) is 0 Å². The number of hydrogen-bond acceptors (Lipinski definition) is 3. The van der Waals surface area contributed by atoms with Gasteiger partial charge in [-0.25, -0.2) is 0 Å². The first kappa shape index (κ1) is 17.7. The fraction of sp³-hybridized carbons (Fsp3) is 0.250. The topological polar surface area (TPSA) is 92.5 Å². The van der Waals surface area contributed by atoms with Crippen LogP contribution in [-0.4, -0.2) is 24.3 Å². The molecule has 134 valence electrons. The molecular formula is C20H21N3O3. The quantitative estimate of drug-likeness (QED) is 0.866. The van der Waals surface area contributed by atoms with Crippen molar-refractivity contribution in [2.75, 3.05) is 16.8 Å². The summed E-state index contributed by atoms with van der Waals surface area (Å²) in [5.41, 5.74) is 8.16. The smallest absolute Gasteiger partial charge is 0.248 e. The number of amides is 3. The molecule has 6 heteroatoms. The molecule has 0 aromatic heterocycles. The first-order valence-electron chi connectivity index (χ1n) is 8.58. The highest BCUT2D eigenvalue weighted by molar-refractivity contribution is 6.03. The van der Waals surface area contributed by atoms with Crippen molar-refractivity contribution in [3.63, 3.8) is 0 Å². The number of benzene rings is 2. The number of aryl methyl sites for hydroxylation is 1. The van der Waals surface area contributed by atoms with Crippen molar-refractivity contribution < 1.29 is 14.4 Å². The Morgan fingerprint density at radius 2 is 1.77 bits per heavy atom. The lowest BCUT2D eigenvalue weighted by Crippen LogP contribution is -2.28. The first-order chi connectivity index (χ1) is 12.5. The molecule has 1 atom stereocenters. The number of carbonyl (C=O) groups is 3. The highest BCUT2D eigenvalue weighted by atomic mass is 16.2. The summed E-state index contributed by atoms with van der Waals surface area (Å²) in [6.45, 7) is 2.43. The lowest BCUT2D eigenvalue weighted by Gasteiger charge is -2.17. The molecule has 0 aliphatic carbocycles. The van der Waals surface area contributed by atoms with Crippen molar-refractivity contribution in [1.29, 1.82) is 0 Å². The summed E-state index contributed by atoms with van der Waals surface area (Å²) in [5.74, 6) is -1.20. The number of nitrogens with one attached hydrogen (secondary N) is 1. The van der Waals surface area contributed by atoms with Gasteiger partial charge in [-0.15, -0.1) is 0 Å². The third-order valence-electron chi connectivity index (χ3n) is 4.59. The second kappa shape index (κ2) is 7.39. The summed E-state index contributed by atoms with van der Waals surface area (Å²) in [6, 6.07) is 14.2. The molecule has 0 spiro atoms. The van der Waals surface area contributed by atoms with Gasteiger partial charge in [0, 0.05) is 29.9 Å². The predicted molar refractivity (Wildman–Crippen MR) is 99.9 cm³/mol. The van der Waals surface area contributed by atoms with E-state index in [1.54, 1.807) is 29.2 Å². The molecule has 1 aliphatic heterocycles. The Morgan fingerprint density at radius 3 is 2.35 bits per heavy atom. The van der Waals surface area contributed by atoms with E-state index in [0.29, 0.717) is 17.8 Å². The van der Waals surface area contributed by atoms with Crippen LogP contribution in [0.5, 0.6) is 0 Å². The molecule has 0 radical (unpaired) electrons. The molecule has 2 aromatic rings. The molecule has 0 saturated carbocycles. The van der Waals surface area contributed by atoms with Crippen molar-refractivity contribution in [3.05, 3.63) is 59.7 Å². The van der Waals surface area contributed by atoms with Crippen molar-refractivity contribution in [2.45, 2.75) is 19.8 Å². The molecule has 1 aliphatic rings. The van der Waals surface area contributed by atoms with E-state index in [-0.39, 0.29) is 18.2 Å². The number of anilines is 2. The van der Waals surface area contributed by atoms with E-state index >= 15 is 0 Å². The van der Waals surface area contributed by atoms with Crippen LogP contribution in [0.2, 0.25) is 0 Å². The molecular weight excluding hydrogens is 330 g/mol. The van der Waals surface area contributed by atoms with E-state index in [2.05, 4.69) is 12.2 Å². The summed E-state index contributed by atoms with van der Waals surface area (Å²) in [5, 5.41) is 2.79. The van der Waals surface area contributed by atoms with Gasteiger partial charge in [0.1, 0.15) is 0 Å². The van der Waals surface area contributed by atoms with Crippen LogP contribution >= 0.6 is 0 Å². The highest BCUT2D eigenvalue weighted by Gasteiger charge is 2.35. The highest BCUT2D eigenvalue weighted by Crippen LogP contribution is 2.26. The number of carbonyl (C=O) groups excluding carboxylic acids is 3. The molecule has 26 heavy (non-hydrogen) atoms. The number of nitrogens with zero attached hydrogens (tertiary/aromatic N) is 1. The Labute approximate surface area is 152 Å². The van der Waals surface area contributed by atoms with Crippen molar-refractivity contribution in [1.82, 2.24) is 0 Å². The minimum atomic E-state index is -0.519. The Morgan fingerprint density at radius 1 is 1.12 bits per heavy atom. The van der Waals surface area contributed by atoms with Crippen LogP contribution in [-0.2, 0) is 16.0 Å². The minimum Gasteiger partial charge on any atom is -0.366 e. The van der Waals surface area contributed by atoms with E-state index in [9.17, 15) is 14.4 Å². The maximum absolute atomic E-state index is 12.5. The molecule has 0 unspecified atom stereocenters. The Kier molecular flexibility index (Phi) is 5.02. The minimum absolute atomic E-state index is 0.0570. The fourth-order valence-corrected chi connectivity index (χ4v) is 3.01. The third kappa shape index (κ3) is 3.74. The average Bonchev–Trinajstić information content (AvgIpc) is 3.04. The zero-order valence-electron chi connectivity index (χ0n) is 14.6. The number of nitrogens with two attached hydrogens (primary N) is 1. The fourth-order valence-electron chi connectivity index (χ4n) is 3.01. The third-order valence-corrected chi connectivity index (χ3v) is 4.59. The molecule has 2 aromatic carbocycles. The van der Waals surface area contributed by atoms with E-state index in [1.165, 1.54) is 5.56 Å². The molecule has 1 saturated heterocycles. The van der Waals surface area contributed by atoms with Gasteiger partial charge in [0.05, 0.1) is 5.92 Å². The monoisotopic (exact) mass is 351 g/mol. The van der Waals surface area contributed by atoms with Gasteiger partial charge in [-0.05, 0) is 48.4 Å². The number of primary amides is 1. The summed E-state index contributed by atoms with van der Waals surface area (Å²) in [6.07, 6.45) is 1.12. The summed E-state index contributed by atoms with van der Waals surface area (Å²) >= 11 is 0. The lowest BCUT2D eigenvalue weighted by molar-refractivity contribution is -0.122. The normalized spacial score (nSPS) is 16.6. The molecule has 6 nitrogen and oxygen atoms in total. The van der Waals surface area contributed by atoms with E-state index < -0.39 is 11.8 Å². The largest absolute Gasteiger partial charge is 0.366 e. The van der Waals surface area contributed by atoms with Crippen molar-refractivity contribution >= 4 is 29.1 Å². The maximum Gasteiger partial charge on any atom is 0.248 e. The molecule has 3 amide bonds. The zero-order valence-corrected chi connectivity index (χ0v) is 14.6. The SMILES string of the molecule is CCc1ccc(N2C[C@@H](C(=O)Nc3ccc(C(N)=O)cc3)CC2=O)cc1. The second-order valence-corrected chi connectivity index (χ2v) is 6.36. The van der Waals surface area contributed by atoms with E-state index in [0.717, 1.165) is 12.1 Å². The number of hydrogen-bond donors (Lipinski definition) is 2. The van der Waals surface area contributed by atoms with Gasteiger partial charge in [0.2, 0.25) is 17.7 Å². The maximum atomic E-state index is 12.5. The van der Waals surface area contributed by atoms with Crippen LogP contribution in [0.25, 0.3) is 0 Å². The van der Waals surface area contributed by atoms with Gasteiger partial charge in [-0.3, -0.25) is 14.4 Å². The zero-order chi connectivity index (χ0) is 18.7. The lowest BCUT2D eigenvalue weighted by atomic mass is 10.1. The molecule has 0 bridgehead atoms. The Bertz CT molecular complexity index is 828. The van der Waals surface area contributed by atoms with E-state index in [4.69, 9.17) is 5.73 Å². The summed E-state index contributed by atoms with van der Waals surface area (Å²) in [4.78, 5) is 37.5. The van der Waals surface area contributed by atoms with Crippen LogP contribution in [0, 0.1) is 5.92 Å². The molecule has 1 heterocycles. The average molecular weight is 351 g/mol. The van der Waals surface area contributed by atoms with Crippen molar-refractivity contribution in [3.8, 4) is 0 Å². The van der Waals surface area contributed by atoms with Crippen LogP contribution in [0.15, 0.2) is 48.5 Å². The molecule has 3 rings (SSSR count). The molecule has 1 fully saturated rings. The van der Waals surface area contributed by atoms with Crippen molar-refractivity contribution in [2.24, 2.45) is 11.7 Å². The number of rotatable bonds is 5. The molecule has 3 N–H and O–H groups in total. The van der Waals surface area contributed by atoms with Gasteiger partial charge in [-0.1, -0.05) is 19.1 Å². The first-order valence-corrected chi connectivity index (χ1v) is 8.58. The van der Waals surface area contributed by atoms with Crippen LogP contribution in [0.4, 0.5) is 11.4 Å². The van der Waals surface area contributed by atoms with Crippen LogP contribution in [0.3, 0.4) is 0 Å². The van der Waals surface area contributed by atoms with Gasteiger partial charge in [0.15, 0.2) is 0 Å². The van der Waals surface area contributed by atoms with Gasteiger partial charge >= 0.3 is 0 Å².